The van der Waals surface area contributed by atoms with Gasteiger partial charge >= 0.3 is 0 Å². The van der Waals surface area contributed by atoms with E-state index < -0.39 is 6.04 Å². The lowest BCUT2D eigenvalue weighted by molar-refractivity contribution is -0.125. The molecule has 0 saturated carbocycles. The van der Waals surface area contributed by atoms with Gasteiger partial charge in [-0.3, -0.25) is 9.59 Å². The van der Waals surface area contributed by atoms with Gasteiger partial charge in [-0.15, -0.1) is 0 Å². The molecule has 0 aliphatic carbocycles. The highest BCUT2D eigenvalue weighted by Gasteiger charge is 2.30. The van der Waals surface area contributed by atoms with Crippen molar-refractivity contribution in [3.05, 3.63) is 28.7 Å². The number of benzene rings is 1. The molecular weight excluding hydrogens is 296 g/mol. The van der Waals surface area contributed by atoms with Gasteiger partial charge in [0.25, 0.3) is 0 Å². The zero-order valence-corrected chi connectivity index (χ0v) is 11.7. The minimum absolute atomic E-state index is 0.0461. The van der Waals surface area contributed by atoms with E-state index in [0.29, 0.717) is 19.4 Å². The largest absolute Gasteiger partial charge is 0.344 e. The summed E-state index contributed by atoms with van der Waals surface area (Å²) in [6, 6.07) is 7.13. The monoisotopic (exact) mass is 310 g/mol. The summed E-state index contributed by atoms with van der Waals surface area (Å²) in [6.45, 7) is 2.32. The number of nitrogens with one attached hydrogen (secondary N) is 1. The van der Waals surface area contributed by atoms with E-state index in [1.54, 1.807) is 4.90 Å². The first kappa shape index (κ1) is 13.1. The molecule has 1 N–H and O–H groups in total. The van der Waals surface area contributed by atoms with Crippen molar-refractivity contribution in [3.8, 4) is 0 Å². The van der Waals surface area contributed by atoms with Crippen molar-refractivity contribution in [2.75, 3.05) is 11.4 Å². The molecule has 1 aromatic carbocycles. The Morgan fingerprint density at radius 2 is 2.11 bits per heavy atom. The van der Waals surface area contributed by atoms with Gasteiger partial charge in [-0.25, -0.2) is 0 Å². The Hall–Kier alpha value is -1.36. The highest BCUT2D eigenvalue weighted by molar-refractivity contribution is 9.10. The van der Waals surface area contributed by atoms with Crippen LogP contribution in [0.4, 0.5) is 5.69 Å². The Morgan fingerprint density at radius 1 is 1.39 bits per heavy atom. The predicted octanol–water partition coefficient (Wildman–Crippen LogP) is 2.08. The molecule has 1 heterocycles. The second-order valence-corrected chi connectivity index (χ2v) is 5.07. The average molecular weight is 311 g/mol. The van der Waals surface area contributed by atoms with E-state index in [0.717, 1.165) is 10.2 Å². The molecule has 1 aliphatic rings. The molecular formula is C13H15BrN2O2. The summed E-state index contributed by atoms with van der Waals surface area (Å²) in [6.07, 6.45) is 0.940. The normalized spacial score (nSPS) is 20.6. The number of hydrogen-bond donors (Lipinski definition) is 1. The average Bonchev–Trinajstić information content (AvgIpc) is 2.50. The fraction of sp³-hybridized carbons (Fsp3) is 0.385. The van der Waals surface area contributed by atoms with Gasteiger partial charge in [0.1, 0.15) is 6.04 Å². The standard InChI is InChI=1S/C13H15BrN2O2/c1-2-10-13(18)16(8-7-12(17)15-10)11-6-4-3-5-9(11)14/h3-6,10H,2,7-8H2,1H3,(H,15,17). The van der Waals surface area contributed by atoms with Crippen molar-refractivity contribution >= 4 is 33.4 Å². The van der Waals surface area contributed by atoms with E-state index in [-0.39, 0.29) is 11.8 Å². The number of nitrogens with zero attached hydrogens (tertiary/aromatic N) is 1. The molecule has 0 spiro atoms. The van der Waals surface area contributed by atoms with Crippen molar-refractivity contribution in [2.24, 2.45) is 0 Å². The molecule has 1 unspecified atom stereocenters. The smallest absolute Gasteiger partial charge is 0.249 e. The molecule has 0 bridgehead atoms. The molecule has 18 heavy (non-hydrogen) atoms. The molecule has 1 saturated heterocycles. The number of carbonyl (C=O) groups excluding carboxylic acids is 2. The van der Waals surface area contributed by atoms with Crippen LogP contribution in [0.25, 0.3) is 0 Å². The highest BCUT2D eigenvalue weighted by Crippen LogP contribution is 2.27. The van der Waals surface area contributed by atoms with E-state index in [2.05, 4.69) is 21.2 Å². The molecule has 1 atom stereocenters. The molecule has 2 amide bonds. The van der Waals surface area contributed by atoms with Crippen molar-refractivity contribution in [2.45, 2.75) is 25.8 Å². The molecule has 1 fully saturated rings. The van der Waals surface area contributed by atoms with Crippen LogP contribution in [0.5, 0.6) is 0 Å². The Bertz CT molecular complexity index is 476. The maximum absolute atomic E-state index is 12.4. The summed E-state index contributed by atoms with van der Waals surface area (Å²) >= 11 is 3.44. The summed E-state index contributed by atoms with van der Waals surface area (Å²) in [5.41, 5.74) is 0.817. The number of para-hydroxylation sites is 1. The molecule has 4 nitrogen and oxygen atoms in total. The molecule has 1 aromatic rings. The van der Waals surface area contributed by atoms with Gasteiger partial charge < -0.3 is 10.2 Å². The lowest BCUT2D eigenvalue weighted by atomic mass is 10.2. The first-order valence-electron chi connectivity index (χ1n) is 5.98. The van der Waals surface area contributed by atoms with E-state index in [4.69, 9.17) is 0 Å². The second-order valence-electron chi connectivity index (χ2n) is 4.22. The van der Waals surface area contributed by atoms with Crippen LogP contribution >= 0.6 is 15.9 Å². The number of amides is 2. The van der Waals surface area contributed by atoms with Gasteiger partial charge in [0, 0.05) is 17.4 Å². The molecule has 2 rings (SSSR count). The van der Waals surface area contributed by atoms with Crippen LogP contribution in [0.1, 0.15) is 19.8 Å². The number of hydrogen-bond acceptors (Lipinski definition) is 2. The van der Waals surface area contributed by atoms with Crippen molar-refractivity contribution < 1.29 is 9.59 Å². The SMILES string of the molecule is CCC1NC(=O)CCN(c2ccccc2Br)C1=O. The minimum atomic E-state index is -0.424. The number of halogens is 1. The predicted molar refractivity (Wildman–Crippen MR) is 73.3 cm³/mol. The maximum atomic E-state index is 12.4. The summed E-state index contributed by atoms with van der Waals surface area (Å²) in [4.78, 5) is 25.6. The molecule has 96 valence electrons. The van der Waals surface area contributed by atoms with Crippen LogP contribution in [0.3, 0.4) is 0 Å². The fourth-order valence-electron chi connectivity index (χ4n) is 2.03. The van der Waals surface area contributed by atoms with Crippen LogP contribution in [-0.2, 0) is 9.59 Å². The van der Waals surface area contributed by atoms with E-state index in [1.165, 1.54) is 0 Å². The Kier molecular flexibility index (Phi) is 4.01. The van der Waals surface area contributed by atoms with E-state index >= 15 is 0 Å². The van der Waals surface area contributed by atoms with Crippen molar-refractivity contribution in [1.82, 2.24) is 5.32 Å². The van der Waals surface area contributed by atoms with Crippen LogP contribution in [-0.4, -0.2) is 24.4 Å². The lowest BCUT2D eigenvalue weighted by Gasteiger charge is -2.24. The molecule has 1 aliphatic heterocycles. The van der Waals surface area contributed by atoms with Crippen LogP contribution < -0.4 is 10.2 Å². The van der Waals surface area contributed by atoms with E-state index in [1.807, 2.05) is 31.2 Å². The highest BCUT2D eigenvalue weighted by atomic mass is 79.9. The number of anilines is 1. The maximum Gasteiger partial charge on any atom is 0.249 e. The Morgan fingerprint density at radius 3 is 2.78 bits per heavy atom. The Balaban J connectivity index is 2.34. The third-order valence-electron chi connectivity index (χ3n) is 3.01. The topological polar surface area (TPSA) is 49.4 Å². The third kappa shape index (κ3) is 2.56. The van der Waals surface area contributed by atoms with Gasteiger partial charge in [-0.1, -0.05) is 19.1 Å². The molecule has 0 aromatic heterocycles. The summed E-state index contributed by atoms with van der Waals surface area (Å²) < 4.78 is 0.863. The number of rotatable bonds is 2. The van der Waals surface area contributed by atoms with Crippen LogP contribution in [0.2, 0.25) is 0 Å². The molecule has 5 heteroatoms. The zero-order chi connectivity index (χ0) is 13.1. The lowest BCUT2D eigenvalue weighted by Crippen LogP contribution is -2.44. The van der Waals surface area contributed by atoms with Crippen molar-refractivity contribution in [3.63, 3.8) is 0 Å². The summed E-state index contributed by atoms with van der Waals surface area (Å²) in [7, 11) is 0. The van der Waals surface area contributed by atoms with Crippen molar-refractivity contribution in [1.29, 1.82) is 0 Å². The first-order chi connectivity index (χ1) is 8.63. The van der Waals surface area contributed by atoms with Crippen LogP contribution in [0, 0.1) is 0 Å². The van der Waals surface area contributed by atoms with Gasteiger partial charge in [0.2, 0.25) is 11.8 Å². The first-order valence-corrected chi connectivity index (χ1v) is 6.78. The summed E-state index contributed by atoms with van der Waals surface area (Å²) in [5, 5.41) is 2.75. The quantitative estimate of drug-likeness (QED) is 0.909. The molecule has 0 radical (unpaired) electrons. The third-order valence-corrected chi connectivity index (χ3v) is 3.68. The zero-order valence-electron chi connectivity index (χ0n) is 10.1. The fourth-order valence-corrected chi connectivity index (χ4v) is 2.53. The van der Waals surface area contributed by atoms with Gasteiger partial charge in [-0.2, -0.15) is 0 Å². The summed E-state index contributed by atoms with van der Waals surface area (Å²) in [5.74, 6) is -0.111. The number of carbonyl (C=O) groups is 2. The Labute approximate surface area is 114 Å². The van der Waals surface area contributed by atoms with Gasteiger partial charge in [0.05, 0.1) is 5.69 Å². The van der Waals surface area contributed by atoms with Gasteiger partial charge in [0.15, 0.2) is 0 Å². The second kappa shape index (κ2) is 5.52. The van der Waals surface area contributed by atoms with Crippen LogP contribution in [0.15, 0.2) is 28.7 Å². The van der Waals surface area contributed by atoms with Gasteiger partial charge in [-0.05, 0) is 34.5 Å². The van der Waals surface area contributed by atoms with E-state index in [9.17, 15) is 9.59 Å². The minimum Gasteiger partial charge on any atom is -0.344 e.